The molecule has 0 bridgehead atoms. The van der Waals surface area contributed by atoms with Crippen molar-refractivity contribution in [2.24, 2.45) is 11.8 Å². The van der Waals surface area contributed by atoms with Gasteiger partial charge in [-0.3, -0.25) is 9.59 Å². The molecule has 0 radical (unpaired) electrons. The largest absolute Gasteiger partial charge is 0.346 e. The van der Waals surface area contributed by atoms with E-state index in [9.17, 15) is 9.59 Å². The first kappa shape index (κ1) is 21.3. The molecule has 1 aliphatic heterocycles. The van der Waals surface area contributed by atoms with E-state index in [4.69, 9.17) is 4.98 Å². The van der Waals surface area contributed by atoms with Crippen LogP contribution in [-0.4, -0.2) is 38.3 Å². The molecule has 1 aliphatic rings. The number of carbonyl (C=O) groups is 2. The van der Waals surface area contributed by atoms with Gasteiger partial charge in [-0.15, -0.1) is 0 Å². The maximum atomic E-state index is 13.1. The smallest absolute Gasteiger partial charge is 0.226 e. The molecular weight excluding hydrogens is 364 g/mol. The van der Waals surface area contributed by atoms with Crippen molar-refractivity contribution < 1.29 is 9.59 Å². The van der Waals surface area contributed by atoms with Crippen LogP contribution in [0.3, 0.4) is 0 Å². The molecule has 2 aromatic rings. The molecule has 0 spiro atoms. The summed E-state index contributed by atoms with van der Waals surface area (Å²) < 4.78 is 2.21. The van der Waals surface area contributed by atoms with Crippen LogP contribution in [0.25, 0.3) is 11.0 Å². The van der Waals surface area contributed by atoms with E-state index in [1.54, 1.807) is 0 Å². The predicted octanol–water partition coefficient (Wildman–Crippen LogP) is 4.08. The molecule has 6 heteroatoms. The molecule has 29 heavy (non-hydrogen) atoms. The Morgan fingerprint density at radius 1 is 1.17 bits per heavy atom. The second kappa shape index (κ2) is 7.81. The quantitative estimate of drug-likeness (QED) is 0.825. The van der Waals surface area contributed by atoms with Crippen LogP contribution in [-0.2, 0) is 9.59 Å². The van der Waals surface area contributed by atoms with Gasteiger partial charge in [0.25, 0.3) is 0 Å². The number of amides is 2. The fraction of sp³-hybridized carbons (Fsp3) is 0.609. The molecule has 3 rings (SSSR count). The minimum absolute atomic E-state index is 0.0492. The lowest BCUT2D eigenvalue weighted by molar-refractivity contribution is -0.132. The lowest BCUT2D eigenvalue weighted by Gasteiger charge is -2.32. The molecule has 1 aromatic carbocycles. The van der Waals surface area contributed by atoms with Crippen LogP contribution in [0.5, 0.6) is 0 Å². The highest BCUT2D eigenvalue weighted by Crippen LogP contribution is 2.31. The Morgan fingerprint density at radius 2 is 1.83 bits per heavy atom. The molecule has 0 saturated carbocycles. The van der Waals surface area contributed by atoms with E-state index in [1.165, 1.54) is 0 Å². The van der Waals surface area contributed by atoms with Crippen molar-refractivity contribution in [3.8, 4) is 0 Å². The molecule has 2 amide bonds. The normalized spacial score (nSPS) is 18.9. The summed E-state index contributed by atoms with van der Waals surface area (Å²) in [5.74, 6) is 0.713. The second-order valence-electron chi connectivity index (χ2n) is 9.73. The lowest BCUT2D eigenvalue weighted by Crippen LogP contribution is -2.44. The average molecular weight is 399 g/mol. The molecule has 6 nitrogen and oxygen atoms in total. The minimum Gasteiger partial charge on any atom is -0.346 e. The molecule has 2 heterocycles. The molecule has 158 valence electrons. The van der Waals surface area contributed by atoms with Gasteiger partial charge in [0, 0.05) is 24.5 Å². The van der Waals surface area contributed by atoms with E-state index < -0.39 is 0 Å². The third-order valence-electron chi connectivity index (χ3n) is 5.69. The van der Waals surface area contributed by atoms with Crippen molar-refractivity contribution in [3.05, 3.63) is 30.1 Å². The number of aromatic nitrogens is 2. The summed E-state index contributed by atoms with van der Waals surface area (Å²) in [6.45, 7) is 14.9. The number of nitrogens with one attached hydrogen (secondary N) is 1. The van der Waals surface area contributed by atoms with E-state index in [1.807, 2.05) is 43.9 Å². The monoisotopic (exact) mass is 398 g/mol. The number of hydrogen-bond acceptors (Lipinski definition) is 3. The Bertz CT molecular complexity index is 907. The molecule has 1 saturated heterocycles. The zero-order valence-electron chi connectivity index (χ0n) is 18.7. The molecule has 1 N–H and O–H groups in total. The van der Waals surface area contributed by atoms with Gasteiger partial charge >= 0.3 is 0 Å². The first-order valence-corrected chi connectivity index (χ1v) is 10.6. The fourth-order valence-corrected chi connectivity index (χ4v) is 4.16. The number of benzene rings is 1. The van der Waals surface area contributed by atoms with Gasteiger partial charge in [0.15, 0.2) is 0 Å². The van der Waals surface area contributed by atoms with Gasteiger partial charge in [-0.25, -0.2) is 4.98 Å². The zero-order valence-corrected chi connectivity index (χ0v) is 18.7. The van der Waals surface area contributed by atoms with Crippen LogP contribution >= 0.6 is 0 Å². The molecular formula is C23H34N4O2. The average Bonchev–Trinajstić information content (AvgIpc) is 3.19. The topological polar surface area (TPSA) is 67.2 Å². The maximum absolute atomic E-state index is 13.1. The Balaban J connectivity index is 1.89. The van der Waals surface area contributed by atoms with E-state index in [2.05, 4.69) is 43.6 Å². The predicted molar refractivity (Wildman–Crippen MR) is 115 cm³/mol. The Labute approximate surface area is 173 Å². The van der Waals surface area contributed by atoms with Crippen molar-refractivity contribution in [1.29, 1.82) is 0 Å². The third kappa shape index (κ3) is 4.16. The van der Waals surface area contributed by atoms with Crippen molar-refractivity contribution in [1.82, 2.24) is 19.8 Å². The van der Waals surface area contributed by atoms with Gasteiger partial charge in [-0.2, -0.15) is 0 Å². The summed E-state index contributed by atoms with van der Waals surface area (Å²) in [5.41, 5.74) is 1.74. The Morgan fingerprint density at radius 3 is 2.38 bits per heavy atom. The van der Waals surface area contributed by atoms with Gasteiger partial charge in [0.2, 0.25) is 11.8 Å². The number of carbonyl (C=O) groups excluding carboxylic acids is 2. The summed E-state index contributed by atoms with van der Waals surface area (Å²) in [6.07, 6.45) is 0.272. The van der Waals surface area contributed by atoms with Crippen molar-refractivity contribution in [2.45, 2.75) is 72.5 Å². The van der Waals surface area contributed by atoms with Crippen LogP contribution in [0.15, 0.2) is 24.3 Å². The number of hydrogen-bond donors (Lipinski definition) is 1. The Hall–Kier alpha value is -2.37. The summed E-state index contributed by atoms with van der Waals surface area (Å²) in [6, 6.07) is 8.09. The van der Waals surface area contributed by atoms with Gasteiger partial charge < -0.3 is 14.8 Å². The van der Waals surface area contributed by atoms with Crippen molar-refractivity contribution >= 4 is 22.8 Å². The zero-order chi connectivity index (χ0) is 21.5. The van der Waals surface area contributed by atoms with Crippen LogP contribution < -0.4 is 5.32 Å². The van der Waals surface area contributed by atoms with E-state index >= 15 is 0 Å². The van der Waals surface area contributed by atoms with Crippen LogP contribution in [0, 0.1) is 11.8 Å². The first-order valence-electron chi connectivity index (χ1n) is 10.6. The number of imidazole rings is 1. The van der Waals surface area contributed by atoms with Crippen LogP contribution in [0.2, 0.25) is 0 Å². The summed E-state index contributed by atoms with van der Waals surface area (Å²) >= 11 is 0. The fourth-order valence-electron chi connectivity index (χ4n) is 4.16. The molecule has 0 aliphatic carbocycles. The van der Waals surface area contributed by atoms with Gasteiger partial charge in [0.05, 0.1) is 23.0 Å². The molecule has 1 aromatic heterocycles. The third-order valence-corrected chi connectivity index (χ3v) is 5.69. The maximum Gasteiger partial charge on any atom is 0.226 e. The molecule has 2 atom stereocenters. The minimum atomic E-state index is -0.320. The number of rotatable bonds is 5. The van der Waals surface area contributed by atoms with Gasteiger partial charge in [-0.1, -0.05) is 26.0 Å². The van der Waals surface area contributed by atoms with E-state index in [0.29, 0.717) is 6.54 Å². The number of nitrogens with zero attached hydrogens (tertiary/aromatic N) is 3. The van der Waals surface area contributed by atoms with Crippen LogP contribution in [0.4, 0.5) is 0 Å². The highest BCUT2D eigenvalue weighted by molar-refractivity contribution is 5.89. The van der Waals surface area contributed by atoms with E-state index in [-0.39, 0.29) is 47.7 Å². The van der Waals surface area contributed by atoms with E-state index in [0.717, 1.165) is 16.9 Å². The molecule has 1 fully saturated rings. The second-order valence-corrected chi connectivity index (χ2v) is 9.73. The van der Waals surface area contributed by atoms with Crippen molar-refractivity contribution in [3.63, 3.8) is 0 Å². The highest BCUT2D eigenvalue weighted by atomic mass is 16.2. The standard InChI is InChI=1S/C23H34N4O2/c1-14(2)20(21-24-17-10-8-9-11-18(17)27(21)15(3)4)25-22(29)16-12-19(28)26(13-16)23(5,6)7/h8-11,14-16,20H,12-13H2,1-7H3,(H,25,29)/t16-,20-/m0/s1. The van der Waals surface area contributed by atoms with Gasteiger partial charge in [-0.05, 0) is 52.7 Å². The number of likely N-dealkylation sites (tertiary alicyclic amines) is 1. The number of fused-ring (bicyclic) bond motifs is 1. The highest BCUT2D eigenvalue weighted by Gasteiger charge is 2.40. The molecule has 0 unspecified atom stereocenters. The lowest BCUT2D eigenvalue weighted by atomic mass is 10.0. The van der Waals surface area contributed by atoms with Crippen molar-refractivity contribution in [2.75, 3.05) is 6.54 Å². The number of para-hydroxylation sites is 2. The summed E-state index contributed by atoms with van der Waals surface area (Å²) in [5, 5.41) is 3.22. The SMILES string of the molecule is CC(C)[C@H](NC(=O)[C@H]1CC(=O)N(C(C)(C)C)C1)c1nc2ccccc2n1C(C)C. The Kier molecular flexibility index (Phi) is 5.74. The summed E-state index contributed by atoms with van der Waals surface area (Å²) in [4.78, 5) is 32.2. The van der Waals surface area contributed by atoms with Crippen LogP contribution in [0.1, 0.15) is 72.8 Å². The first-order chi connectivity index (χ1) is 13.5. The summed E-state index contributed by atoms with van der Waals surface area (Å²) in [7, 11) is 0. The van der Waals surface area contributed by atoms with Gasteiger partial charge in [0.1, 0.15) is 5.82 Å².